The molecule has 0 aliphatic heterocycles. The Labute approximate surface area is 123 Å². The monoisotopic (exact) mass is 371 g/mol. The molecule has 0 saturated heterocycles. The molecule has 1 atom stereocenters. The van der Waals surface area contributed by atoms with Crippen molar-refractivity contribution in [2.24, 2.45) is 0 Å². The van der Waals surface area contributed by atoms with Crippen LogP contribution in [0.1, 0.15) is 0 Å². The summed E-state index contributed by atoms with van der Waals surface area (Å²) < 4.78 is 31.1. The minimum Gasteiger partial charge on any atom is -0.480 e. The van der Waals surface area contributed by atoms with E-state index in [0.717, 1.165) is 0 Å². The Morgan fingerprint density at radius 1 is 1.58 bits per heavy atom. The summed E-state index contributed by atoms with van der Waals surface area (Å²) in [7, 11) is -2.68. The third-order valence-corrected chi connectivity index (χ3v) is 4.81. The molecule has 0 aromatic heterocycles. The summed E-state index contributed by atoms with van der Waals surface area (Å²) in [6.45, 7) is -0.274. The zero-order chi connectivity index (χ0) is 14.6. The van der Waals surface area contributed by atoms with E-state index in [1.54, 1.807) is 0 Å². The van der Waals surface area contributed by atoms with Crippen LogP contribution < -0.4 is 4.72 Å². The highest BCUT2D eigenvalue weighted by molar-refractivity contribution is 9.10. The van der Waals surface area contributed by atoms with Crippen molar-refractivity contribution < 1.29 is 23.1 Å². The highest BCUT2D eigenvalue weighted by Gasteiger charge is 2.25. The topological polar surface area (TPSA) is 92.7 Å². The number of carboxylic acids is 1. The van der Waals surface area contributed by atoms with E-state index in [0.29, 0.717) is 9.50 Å². The van der Waals surface area contributed by atoms with Gasteiger partial charge in [0.1, 0.15) is 6.04 Å². The number of halogens is 2. The molecular weight excluding hydrogens is 362 g/mol. The molecule has 0 heterocycles. The molecule has 1 aromatic carbocycles. The predicted molar refractivity (Wildman–Crippen MR) is 72.8 cm³/mol. The first-order valence-electron chi connectivity index (χ1n) is 4.97. The Bertz CT molecular complexity index is 577. The van der Waals surface area contributed by atoms with Crippen LogP contribution in [0.15, 0.2) is 27.6 Å². The number of ether oxygens (including phenoxy) is 1. The number of carboxylic acid groups (broad SMARTS) is 1. The minimum atomic E-state index is -3.97. The average Bonchev–Trinajstić information content (AvgIpc) is 2.31. The van der Waals surface area contributed by atoms with Crippen LogP contribution in [0.3, 0.4) is 0 Å². The van der Waals surface area contributed by atoms with E-state index in [2.05, 4.69) is 20.7 Å². The fraction of sp³-hybridized carbons (Fsp3) is 0.300. The van der Waals surface area contributed by atoms with Crippen LogP contribution >= 0.6 is 27.5 Å². The highest BCUT2D eigenvalue weighted by atomic mass is 79.9. The average molecular weight is 373 g/mol. The Kier molecular flexibility index (Phi) is 5.75. The molecule has 0 fully saturated rings. The fourth-order valence-electron chi connectivity index (χ4n) is 1.22. The minimum absolute atomic E-state index is 0.0915. The van der Waals surface area contributed by atoms with E-state index >= 15 is 0 Å². The van der Waals surface area contributed by atoms with E-state index < -0.39 is 22.0 Å². The zero-order valence-corrected chi connectivity index (χ0v) is 12.9. The molecule has 1 rings (SSSR count). The molecule has 0 radical (unpaired) electrons. The van der Waals surface area contributed by atoms with Crippen molar-refractivity contribution in [2.75, 3.05) is 13.7 Å². The number of methoxy groups -OCH3 is 1. The number of carbonyl (C=O) groups is 1. The van der Waals surface area contributed by atoms with Gasteiger partial charge < -0.3 is 9.84 Å². The van der Waals surface area contributed by atoms with Crippen molar-refractivity contribution >= 4 is 43.5 Å². The first-order chi connectivity index (χ1) is 8.77. The van der Waals surface area contributed by atoms with Gasteiger partial charge in [-0.3, -0.25) is 4.79 Å². The molecular formula is C10H11BrClNO5S. The molecule has 0 spiro atoms. The fourth-order valence-corrected chi connectivity index (χ4v) is 3.07. The molecule has 1 aromatic rings. The maximum absolute atomic E-state index is 12.0. The Balaban J connectivity index is 3.03. The molecule has 0 saturated carbocycles. The van der Waals surface area contributed by atoms with Crippen LogP contribution in [-0.2, 0) is 19.6 Å². The summed E-state index contributed by atoms with van der Waals surface area (Å²) >= 11 is 8.86. The Morgan fingerprint density at radius 3 is 2.68 bits per heavy atom. The Hall–Kier alpha value is -0.670. The summed E-state index contributed by atoms with van der Waals surface area (Å²) in [6, 6.07) is 2.61. The number of rotatable bonds is 6. The number of sulfonamides is 1. The molecule has 6 nitrogen and oxygen atoms in total. The largest absolute Gasteiger partial charge is 0.480 e. The molecule has 0 bridgehead atoms. The van der Waals surface area contributed by atoms with Gasteiger partial charge in [0.2, 0.25) is 10.0 Å². The normalized spacial score (nSPS) is 13.2. The lowest BCUT2D eigenvalue weighted by Gasteiger charge is -2.14. The molecule has 9 heteroatoms. The van der Waals surface area contributed by atoms with Gasteiger partial charge in [-0.05, 0) is 34.1 Å². The van der Waals surface area contributed by atoms with Gasteiger partial charge in [0.05, 0.1) is 16.5 Å². The van der Waals surface area contributed by atoms with Gasteiger partial charge >= 0.3 is 5.97 Å². The molecule has 106 valence electrons. The summed E-state index contributed by atoms with van der Waals surface area (Å²) in [6.07, 6.45) is 0. The first kappa shape index (κ1) is 16.4. The van der Waals surface area contributed by atoms with Gasteiger partial charge in [0.25, 0.3) is 0 Å². The summed E-state index contributed by atoms with van der Waals surface area (Å²) in [5.74, 6) is -1.32. The second kappa shape index (κ2) is 6.67. The highest BCUT2D eigenvalue weighted by Crippen LogP contribution is 2.25. The smallest absolute Gasteiger partial charge is 0.324 e. The first-order valence-corrected chi connectivity index (χ1v) is 7.62. The van der Waals surface area contributed by atoms with Crippen molar-refractivity contribution in [3.8, 4) is 0 Å². The van der Waals surface area contributed by atoms with Crippen molar-refractivity contribution in [2.45, 2.75) is 10.9 Å². The number of aliphatic carboxylic acids is 1. The number of benzene rings is 1. The van der Waals surface area contributed by atoms with Crippen molar-refractivity contribution in [1.82, 2.24) is 4.72 Å². The molecule has 19 heavy (non-hydrogen) atoms. The van der Waals surface area contributed by atoms with Gasteiger partial charge in [-0.15, -0.1) is 0 Å². The van der Waals surface area contributed by atoms with Gasteiger partial charge in [-0.2, -0.15) is 4.72 Å². The summed E-state index contributed by atoms with van der Waals surface area (Å²) in [5.41, 5.74) is 0. The van der Waals surface area contributed by atoms with Crippen LogP contribution in [0.2, 0.25) is 5.02 Å². The van der Waals surface area contributed by atoms with Crippen molar-refractivity contribution in [3.05, 3.63) is 27.7 Å². The number of hydrogen-bond acceptors (Lipinski definition) is 4. The summed E-state index contributed by atoms with van der Waals surface area (Å²) in [5, 5.41) is 9.23. The van der Waals surface area contributed by atoms with E-state index in [9.17, 15) is 13.2 Å². The standard InChI is InChI=1S/C10H11BrClNO5S/c1-18-5-9(10(14)15)13-19(16,17)6-2-3-8(12)7(11)4-6/h2-4,9,13H,5H2,1H3,(H,14,15). The van der Waals surface area contributed by atoms with Gasteiger partial charge in [0.15, 0.2) is 0 Å². The second-order valence-electron chi connectivity index (χ2n) is 3.54. The van der Waals surface area contributed by atoms with E-state index in [4.69, 9.17) is 16.7 Å². The molecule has 2 N–H and O–H groups in total. The molecule has 0 aliphatic carbocycles. The van der Waals surface area contributed by atoms with Crippen molar-refractivity contribution in [1.29, 1.82) is 0 Å². The van der Waals surface area contributed by atoms with Gasteiger partial charge in [0, 0.05) is 11.6 Å². The quantitative estimate of drug-likeness (QED) is 0.789. The number of nitrogens with one attached hydrogen (secondary N) is 1. The van der Waals surface area contributed by atoms with Crippen molar-refractivity contribution in [3.63, 3.8) is 0 Å². The maximum Gasteiger partial charge on any atom is 0.324 e. The van der Waals surface area contributed by atoms with Crippen LogP contribution in [0.5, 0.6) is 0 Å². The van der Waals surface area contributed by atoms with Gasteiger partial charge in [-0.25, -0.2) is 8.42 Å². The number of hydrogen-bond donors (Lipinski definition) is 2. The third kappa shape index (κ3) is 4.43. The van der Waals surface area contributed by atoms with E-state index in [-0.39, 0.29) is 11.5 Å². The lowest BCUT2D eigenvalue weighted by Crippen LogP contribution is -2.43. The van der Waals surface area contributed by atoms with Crippen LogP contribution in [0.4, 0.5) is 0 Å². The molecule has 0 aliphatic rings. The van der Waals surface area contributed by atoms with Crippen LogP contribution in [0, 0.1) is 0 Å². The third-order valence-electron chi connectivity index (χ3n) is 2.13. The molecule has 1 unspecified atom stereocenters. The SMILES string of the molecule is COCC(NS(=O)(=O)c1ccc(Cl)c(Br)c1)C(=O)O. The molecule has 0 amide bonds. The zero-order valence-electron chi connectivity index (χ0n) is 9.76. The maximum atomic E-state index is 12.0. The lowest BCUT2D eigenvalue weighted by atomic mass is 10.3. The summed E-state index contributed by atoms with van der Waals surface area (Å²) in [4.78, 5) is 10.8. The van der Waals surface area contributed by atoms with Crippen LogP contribution in [-0.4, -0.2) is 39.3 Å². The Morgan fingerprint density at radius 2 is 2.21 bits per heavy atom. The van der Waals surface area contributed by atoms with E-state index in [1.165, 1.54) is 25.3 Å². The van der Waals surface area contributed by atoms with E-state index in [1.807, 2.05) is 4.72 Å². The second-order valence-corrected chi connectivity index (χ2v) is 6.52. The van der Waals surface area contributed by atoms with Crippen LogP contribution in [0.25, 0.3) is 0 Å². The van der Waals surface area contributed by atoms with Gasteiger partial charge in [-0.1, -0.05) is 11.6 Å². The lowest BCUT2D eigenvalue weighted by molar-refractivity contribution is -0.140. The predicted octanol–water partition coefficient (Wildman–Crippen LogP) is 1.48.